The Hall–Kier alpha value is -2.44. The monoisotopic (exact) mass is 247 g/mol. The van der Waals surface area contributed by atoms with Crippen molar-refractivity contribution in [3.05, 3.63) is 46.5 Å². The molecule has 0 saturated carbocycles. The number of hydrogen-bond donors (Lipinski definition) is 1. The van der Waals surface area contributed by atoms with Gasteiger partial charge >= 0.3 is 0 Å². The molecule has 0 spiro atoms. The van der Waals surface area contributed by atoms with Gasteiger partial charge < -0.3 is 9.88 Å². The van der Waals surface area contributed by atoms with Crippen molar-refractivity contribution in [1.29, 1.82) is 0 Å². The molecule has 94 valence electrons. The summed E-state index contributed by atoms with van der Waals surface area (Å²) >= 11 is 0. The summed E-state index contributed by atoms with van der Waals surface area (Å²) in [4.78, 5) is 10.1. The maximum absolute atomic E-state index is 10.5. The smallest absolute Gasteiger partial charge is 0.269 e. The zero-order valence-corrected chi connectivity index (χ0v) is 9.91. The summed E-state index contributed by atoms with van der Waals surface area (Å²) < 4.78 is 1.86. The molecular formula is C11H13N5O2. The van der Waals surface area contributed by atoms with Gasteiger partial charge in [-0.1, -0.05) is 0 Å². The minimum Gasteiger partial charge on any atom is -0.385 e. The van der Waals surface area contributed by atoms with Gasteiger partial charge in [-0.2, -0.15) is 0 Å². The van der Waals surface area contributed by atoms with E-state index < -0.39 is 4.92 Å². The molecule has 0 unspecified atom stereocenters. The van der Waals surface area contributed by atoms with Crippen LogP contribution in [0.4, 0.5) is 11.4 Å². The third-order valence-electron chi connectivity index (χ3n) is 2.56. The molecule has 1 aromatic carbocycles. The zero-order chi connectivity index (χ0) is 13.0. The van der Waals surface area contributed by atoms with Crippen LogP contribution in [0.5, 0.6) is 0 Å². The maximum Gasteiger partial charge on any atom is 0.269 e. The van der Waals surface area contributed by atoms with Crippen LogP contribution in [0.15, 0.2) is 30.6 Å². The second-order valence-electron chi connectivity index (χ2n) is 3.84. The lowest BCUT2D eigenvalue weighted by molar-refractivity contribution is -0.384. The molecule has 7 nitrogen and oxygen atoms in total. The summed E-state index contributed by atoms with van der Waals surface area (Å²) in [5.74, 6) is 0.893. The summed E-state index contributed by atoms with van der Waals surface area (Å²) in [5, 5.41) is 21.4. The minimum absolute atomic E-state index is 0.0915. The van der Waals surface area contributed by atoms with E-state index in [1.807, 2.05) is 11.6 Å². The van der Waals surface area contributed by atoms with Crippen molar-refractivity contribution >= 4 is 11.4 Å². The normalized spacial score (nSPS) is 10.3. The first-order valence-electron chi connectivity index (χ1n) is 5.48. The number of benzene rings is 1. The fourth-order valence-electron chi connectivity index (χ4n) is 1.55. The number of hydrogen-bond acceptors (Lipinski definition) is 5. The summed E-state index contributed by atoms with van der Waals surface area (Å²) in [7, 11) is 1.89. The van der Waals surface area contributed by atoms with Gasteiger partial charge in [0.05, 0.1) is 4.92 Å². The lowest BCUT2D eigenvalue weighted by Gasteiger charge is -2.05. The standard InChI is InChI=1S/C11H13N5O2/c1-15-8-13-14-11(15)6-7-12-9-2-4-10(5-3-9)16(17)18/h2-5,8,12H,6-7H2,1H3. The lowest BCUT2D eigenvalue weighted by atomic mass is 10.3. The third kappa shape index (κ3) is 2.82. The van der Waals surface area contributed by atoms with Crippen molar-refractivity contribution in [1.82, 2.24) is 14.8 Å². The second-order valence-corrected chi connectivity index (χ2v) is 3.84. The number of nitrogens with one attached hydrogen (secondary N) is 1. The quantitative estimate of drug-likeness (QED) is 0.637. The van der Waals surface area contributed by atoms with E-state index in [0.29, 0.717) is 6.54 Å². The Labute approximate surface area is 104 Å². The SMILES string of the molecule is Cn1cnnc1CCNc1ccc([N+](=O)[O-])cc1. The highest BCUT2D eigenvalue weighted by Crippen LogP contribution is 2.15. The van der Waals surface area contributed by atoms with E-state index in [4.69, 9.17) is 0 Å². The first-order valence-corrected chi connectivity index (χ1v) is 5.48. The van der Waals surface area contributed by atoms with Gasteiger partial charge in [-0.05, 0) is 12.1 Å². The third-order valence-corrected chi connectivity index (χ3v) is 2.56. The van der Waals surface area contributed by atoms with E-state index in [2.05, 4.69) is 15.5 Å². The largest absolute Gasteiger partial charge is 0.385 e. The number of nitrogens with zero attached hydrogens (tertiary/aromatic N) is 4. The molecule has 2 rings (SSSR count). The molecule has 0 aliphatic heterocycles. The molecule has 1 heterocycles. The summed E-state index contributed by atoms with van der Waals surface area (Å²) in [5.41, 5.74) is 0.941. The summed E-state index contributed by atoms with van der Waals surface area (Å²) in [6.07, 6.45) is 2.40. The van der Waals surface area contributed by atoms with E-state index in [0.717, 1.165) is 17.9 Å². The fraction of sp³-hybridized carbons (Fsp3) is 0.273. The molecule has 7 heteroatoms. The van der Waals surface area contributed by atoms with Gasteiger partial charge in [-0.25, -0.2) is 0 Å². The van der Waals surface area contributed by atoms with Crippen LogP contribution in [-0.2, 0) is 13.5 Å². The van der Waals surface area contributed by atoms with Crippen molar-refractivity contribution in [2.45, 2.75) is 6.42 Å². The highest BCUT2D eigenvalue weighted by Gasteiger charge is 2.04. The zero-order valence-electron chi connectivity index (χ0n) is 9.91. The van der Waals surface area contributed by atoms with Gasteiger partial charge in [-0.15, -0.1) is 10.2 Å². The first-order chi connectivity index (χ1) is 8.66. The van der Waals surface area contributed by atoms with E-state index in [1.54, 1.807) is 18.5 Å². The molecule has 1 N–H and O–H groups in total. The molecule has 1 aromatic heterocycles. The average Bonchev–Trinajstić information content (AvgIpc) is 2.76. The molecule has 2 aromatic rings. The van der Waals surface area contributed by atoms with Gasteiger partial charge in [0.15, 0.2) is 0 Å². The van der Waals surface area contributed by atoms with E-state index >= 15 is 0 Å². The maximum atomic E-state index is 10.5. The van der Waals surface area contributed by atoms with E-state index in [9.17, 15) is 10.1 Å². The van der Waals surface area contributed by atoms with Crippen LogP contribution >= 0.6 is 0 Å². The number of nitro groups is 1. The highest BCUT2D eigenvalue weighted by molar-refractivity contribution is 5.48. The van der Waals surface area contributed by atoms with Crippen LogP contribution in [0.2, 0.25) is 0 Å². The summed E-state index contributed by atoms with van der Waals surface area (Å²) in [6, 6.07) is 6.33. The predicted octanol–water partition coefficient (Wildman–Crippen LogP) is 1.38. The average molecular weight is 247 g/mol. The van der Waals surface area contributed by atoms with E-state index in [-0.39, 0.29) is 5.69 Å². The highest BCUT2D eigenvalue weighted by atomic mass is 16.6. The van der Waals surface area contributed by atoms with Crippen LogP contribution < -0.4 is 5.32 Å². The Morgan fingerprint density at radius 2 is 2.11 bits per heavy atom. The Bertz CT molecular complexity index is 535. The van der Waals surface area contributed by atoms with Crippen LogP contribution in [0.1, 0.15) is 5.82 Å². The van der Waals surface area contributed by atoms with Crippen LogP contribution in [0, 0.1) is 10.1 Å². The lowest BCUT2D eigenvalue weighted by Crippen LogP contribution is -2.08. The first kappa shape index (κ1) is 12.0. The van der Waals surface area contributed by atoms with Crippen LogP contribution in [0.3, 0.4) is 0 Å². The molecule has 0 saturated heterocycles. The molecule has 0 aliphatic rings. The molecular weight excluding hydrogens is 234 g/mol. The Morgan fingerprint density at radius 1 is 1.39 bits per heavy atom. The number of rotatable bonds is 5. The second kappa shape index (κ2) is 5.26. The Morgan fingerprint density at radius 3 is 2.67 bits per heavy atom. The number of nitro benzene ring substituents is 1. The molecule has 0 atom stereocenters. The Kier molecular flexibility index (Phi) is 3.52. The summed E-state index contributed by atoms with van der Waals surface area (Å²) in [6.45, 7) is 0.699. The van der Waals surface area contributed by atoms with Gasteiger partial charge in [0.2, 0.25) is 0 Å². The number of anilines is 1. The van der Waals surface area contributed by atoms with Crippen molar-refractivity contribution in [2.24, 2.45) is 7.05 Å². The van der Waals surface area contributed by atoms with Gasteiger partial charge in [0.25, 0.3) is 5.69 Å². The van der Waals surface area contributed by atoms with Crippen LogP contribution in [0.25, 0.3) is 0 Å². The van der Waals surface area contributed by atoms with Crippen molar-refractivity contribution < 1.29 is 4.92 Å². The molecule has 0 fully saturated rings. The molecule has 0 amide bonds. The van der Waals surface area contributed by atoms with E-state index in [1.165, 1.54) is 12.1 Å². The van der Waals surface area contributed by atoms with Crippen molar-refractivity contribution in [3.63, 3.8) is 0 Å². The topological polar surface area (TPSA) is 85.9 Å². The molecule has 0 aliphatic carbocycles. The molecule has 0 bridgehead atoms. The Balaban J connectivity index is 1.87. The molecule has 0 radical (unpaired) electrons. The van der Waals surface area contributed by atoms with Gasteiger partial charge in [-0.3, -0.25) is 10.1 Å². The molecule has 18 heavy (non-hydrogen) atoms. The minimum atomic E-state index is -0.413. The van der Waals surface area contributed by atoms with Crippen molar-refractivity contribution in [3.8, 4) is 0 Å². The number of aromatic nitrogens is 3. The fourth-order valence-corrected chi connectivity index (χ4v) is 1.55. The predicted molar refractivity (Wildman–Crippen MR) is 66.3 cm³/mol. The van der Waals surface area contributed by atoms with Gasteiger partial charge in [0, 0.05) is 37.8 Å². The van der Waals surface area contributed by atoms with Gasteiger partial charge in [0.1, 0.15) is 12.2 Å². The number of non-ortho nitro benzene ring substituents is 1. The van der Waals surface area contributed by atoms with Crippen molar-refractivity contribution in [2.75, 3.05) is 11.9 Å². The number of aryl methyl sites for hydroxylation is 1. The van der Waals surface area contributed by atoms with Crippen LogP contribution in [-0.4, -0.2) is 26.2 Å².